The third-order valence-electron chi connectivity index (χ3n) is 6.02. The van der Waals surface area contributed by atoms with Crippen LogP contribution in [0.2, 0.25) is 0 Å². The number of aryl methyl sites for hydroxylation is 2. The largest absolute Gasteiger partial charge is 0.353 e. The van der Waals surface area contributed by atoms with Gasteiger partial charge in [-0.2, -0.15) is 4.98 Å². The number of piperidine rings is 1. The van der Waals surface area contributed by atoms with Crippen LogP contribution < -0.4 is 5.32 Å². The number of nitrogens with zero attached hydrogens (tertiary/aromatic N) is 5. The number of benzene rings is 1. The second-order valence-electron chi connectivity index (χ2n) is 8.18. The first-order chi connectivity index (χ1) is 15.0. The van der Waals surface area contributed by atoms with Crippen LogP contribution in [0.15, 0.2) is 35.5 Å². The quantitative estimate of drug-likeness (QED) is 0.571. The average molecular weight is 439 g/mol. The van der Waals surface area contributed by atoms with E-state index in [1.54, 1.807) is 4.52 Å². The smallest absolute Gasteiger partial charge is 0.253 e. The number of carbonyl (C=O) groups excluding carboxylic acids is 1. The number of thioether (sulfide) groups is 1. The van der Waals surface area contributed by atoms with Crippen molar-refractivity contribution in [2.75, 3.05) is 19.3 Å². The normalized spacial score (nSPS) is 15.5. The van der Waals surface area contributed by atoms with Gasteiger partial charge in [0.05, 0.1) is 0 Å². The predicted molar refractivity (Wildman–Crippen MR) is 123 cm³/mol. The summed E-state index contributed by atoms with van der Waals surface area (Å²) >= 11 is 1.50. The summed E-state index contributed by atoms with van der Waals surface area (Å²) in [5.74, 6) is 0.735. The fourth-order valence-corrected chi connectivity index (χ4v) is 4.59. The Morgan fingerprint density at radius 3 is 2.61 bits per heavy atom. The molecule has 4 rings (SSSR count). The molecule has 2 aromatic heterocycles. The molecule has 1 amide bonds. The number of hydrogen-bond donors (Lipinski definition) is 1. The van der Waals surface area contributed by atoms with E-state index in [0.717, 1.165) is 49.4 Å². The number of amides is 1. The van der Waals surface area contributed by atoms with Gasteiger partial charge in [-0.05, 0) is 50.5 Å². The van der Waals surface area contributed by atoms with Crippen LogP contribution in [-0.4, -0.2) is 55.8 Å². The highest BCUT2D eigenvalue weighted by atomic mass is 32.2. The van der Waals surface area contributed by atoms with Gasteiger partial charge in [0.15, 0.2) is 0 Å². The van der Waals surface area contributed by atoms with Gasteiger partial charge in [-0.1, -0.05) is 42.1 Å². The zero-order chi connectivity index (χ0) is 21.8. The molecule has 0 radical (unpaired) electrons. The topological polar surface area (TPSA) is 75.4 Å². The van der Waals surface area contributed by atoms with Gasteiger partial charge in [-0.15, -0.1) is 5.10 Å². The molecule has 0 bridgehead atoms. The summed E-state index contributed by atoms with van der Waals surface area (Å²) in [6, 6.07) is 10.8. The monoisotopic (exact) mass is 438 g/mol. The maximum absolute atomic E-state index is 12.6. The molecule has 1 fully saturated rings. The number of hydrogen-bond acceptors (Lipinski definition) is 6. The highest BCUT2D eigenvalue weighted by Crippen LogP contribution is 2.19. The highest BCUT2D eigenvalue weighted by Gasteiger charge is 2.21. The van der Waals surface area contributed by atoms with E-state index in [1.807, 2.05) is 20.1 Å². The summed E-state index contributed by atoms with van der Waals surface area (Å²) in [6.45, 7) is 7.02. The van der Waals surface area contributed by atoms with Crippen LogP contribution in [0.5, 0.6) is 0 Å². The Morgan fingerprint density at radius 1 is 1.16 bits per heavy atom. The Morgan fingerprint density at radius 2 is 1.90 bits per heavy atom. The molecular formula is C23H30N6OS. The van der Waals surface area contributed by atoms with Crippen LogP contribution in [0, 0.1) is 13.8 Å². The molecule has 7 nitrogen and oxygen atoms in total. The van der Waals surface area contributed by atoms with Gasteiger partial charge in [-0.25, -0.2) is 9.50 Å². The van der Waals surface area contributed by atoms with Gasteiger partial charge >= 0.3 is 0 Å². The fourth-order valence-electron chi connectivity index (χ4n) is 4.25. The van der Waals surface area contributed by atoms with E-state index >= 15 is 0 Å². The van der Waals surface area contributed by atoms with Gasteiger partial charge in [0.2, 0.25) is 11.1 Å². The second kappa shape index (κ2) is 9.78. The maximum Gasteiger partial charge on any atom is 0.253 e. The number of fused-ring (bicyclic) bond motifs is 1. The third kappa shape index (κ3) is 5.25. The van der Waals surface area contributed by atoms with E-state index < -0.39 is 0 Å². The van der Waals surface area contributed by atoms with Gasteiger partial charge in [0.1, 0.15) is 0 Å². The van der Waals surface area contributed by atoms with E-state index in [2.05, 4.69) is 55.6 Å². The van der Waals surface area contributed by atoms with Crippen LogP contribution in [0.3, 0.4) is 0 Å². The molecular weight excluding hydrogens is 408 g/mol. The summed E-state index contributed by atoms with van der Waals surface area (Å²) in [7, 11) is 0. The first kappa shape index (κ1) is 21.8. The summed E-state index contributed by atoms with van der Waals surface area (Å²) in [5.41, 5.74) is 4.36. The van der Waals surface area contributed by atoms with Crippen LogP contribution in [0.4, 0.5) is 0 Å². The SMILES string of the molecule is CSc1nc2nc(C)c(CCC(=O)NC3CCN(Cc4ccccc4)CC3)c(C)n2n1. The molecule has 164 valence electrons. The molecule has 0 unspecified atom stereocenters. The van der Waals surface area contributed by atoms with Crippen LogP contribution in [-0.2, 0) is 17.8 Å². The van der Waals surface area contributed by atoms with Crippen LogP contribution >= 0.6 is 11.8 Å². The summed E-state index contributed by atoms with van der Waals surface area (Å²) in [4.78, 5) is 24.1. The molecule has 0 atom stereocenters. The van der Waals surface area contributed by atoms with Crippen LogP contribution in [0.1, 0.15) is 41.8 Å². The molecule has 3 heterocycles. The molecule has 3 aromatic rings. The Labute approximate surface area is 187 Å². The lowest BCUT2D eigenvalue weighted by Crippen LogP contribution is -2.44. The zero-order valence-electron chi connectivity index (χ0n) is 18.5. The number of aromatic nitrogens is 4. The first-order valence-electron chi connectivity index (χ1n) is 10.9. The van der Waals surface area contributed by atoms with Crippen molar-refractivity contribution in [1.82, 2.24) is 29.8 Å². The van der Waals surface area contributed by atoms with Crippen molar-refractivity contribution in [2.45, 2.75) is 57.3 Å². The van der Waals surface area contributed by atoms with E-state index in [4.69, 9.17) is 0 Å². The molecule has 1 aliphatic heterocycles. The molecule has 1 saturated heterocycles. The fraction of sp³-hybridized carbons (Fsp3) is 0.478. The lowest BCUT2D eigenvalue weighted by Gasteiger charge is -2.32. The average Bonchev–Trinajstić information content (AvgIpc) is 3.19. The van der Waals surface area contributed by atoms with Crippen molar-refractivity contribution in [1.29, 1.82) is 0 Å². The number of nitrogens with one attached hydrogen (secondary N) is 1. The molecule has 1 aliphatic rings. The van der Waals surface area contributed by atoms with Crippen molar-refractivity contribution >= 4 is 23.4 Å². The first-order valence-corrected chi connectivity index (χ1v) is 12.1. The number of rotatable bonds is 7. The zero-order valence-corrected chi connectivity index (χ0v) is 19.3. The summed E-state index contributed by atoms with van der Waals surface area (Å²) < 4.78 is 1.79. The number of likely N-dealkylation sites (tertiary alicyclic amines) is 1. The van der Waals surface area contributed by atoms with Crippen molar-refractivity contribution in [3.63, 3.8) is 0 Å². The Kier molecular flexibility index (Phi) is 6.87. The summed E-state index contributed by atoms with van der Waals surface area (Å²) in [6.07, 6.45) is 5.08. The van der Waals surface area contributed by atoms with Crippen molar-refractivity contribution in [3.05, 3.63) is 52.8 Å². The second-order valence-corrected chi connectivity index (χ2v) is 8.95. The molecule has 0 aliphatic carbocycles. The van der Waals surface area contributed by atoms with E-state index in [1.165, 1.54) is 17.3 Å². The van der Waals surface area contributed by atoms with E-state index in [0.29, 0.717) is 23.8 Å². The third-order valence-corrected chi connectivity index (χ3v) is 6.55. The maximum atomic E-state index is 12.6. The van der Waals surface area contributed by atoms with Gasteiger partial charge in [-0.3, -0.25) is 9.69 Å². The molecule has 31 heavy (non-hydrogen) atoms. The van der Waals surface area contributed by atoms with Gasteiger partial charge in [0.25, 0.3) is 5.78 Å². The van der Waals surface area contributed by atoms with Crippen LogP contribution in [0.25, 0.3) is 5.78 Å². The lowest BCUT2D eigenvalue weighted by atomic mass is 10.0. The molecule has 1 N–H and O–H groups in total. The van der Waals surface area contributed by atoms with E-state index in [-0.39, 0.29) is 11.9 Å². The van der Waals surface area contributed by atoms with Crippen molar-refractivity contribution in [3.8, 4) is 0 Å². The molecule has 1 aromatic carbocycles. The minimum absolute atomic E-state index is 0.115. The van der Waals surface area contributed by atoms with Crippen molar-refractivity contribution < 1.29 is 4.79 Å². The summed E-state index contributed by atoms with van der Waals surface area (Å²) in [5, 5.41) is 8.44. The van der Waals surface area contributed by atoms with Gasteiger partial charge in [0, 0.05) is 43.5 Å². The molecule has 0 saturated carbocycles. The van der Waals surface area contributed by atoms with E-state index in [9.17, 15) is 4.79 Å². The Hall–Kier alpha value is -2.45. The van der Waals surface area contributed by atoms with Crippen molar-refractivity contribution in [2.24, 2.45) is 0 Å². The highest BCUT2D eigenvalue weighted by molar-refractivity contribution is 7.98. The Balaban J connectivity index is 1.28. The molecule has 0 spiro atoms. The minimum atomic E-state index is 0.115. The number of carbonyl (C=O) groups is 1. The van der Waals surface area contributed by atoms with Gasteiger partial charge < -0.3 is 5.32 Å². The lowest BCUT2D eigenvalue weighted by molar-refractivity contribution is -0.122. The standard InChI is InChI=1S/C23H30N6OS/c1-16-20(17(2)29-22(24-16)26-23(27-29)31-3)9-10-21(30)25-19-11-13-28(14-12-19)15-18-7-5-4-6-8-18/h4-8,19H,9-15H2,1-3H3,(H,25,30). The Bertz CT molecular complexity index is 1040. The molecule has 8 heteroatoms. The minimum Gasteiger partial charge on any atom is -0.353 e. The predicted octanol–water partition coefficient (Wildman–Crippen LogP) is 3.18.